The van der Waals surface area contributed by atoms with Crippen molar-refractivity contribution in [1.82, 2.24) is 15.1 Å². The number of aromatic nitrogens is 2. The number of likely N-dealkylation sites (N-methyl/N-ethyl adjacent to an activating group) is 1. The fraction of sp³-hybridized carbons (Fsp3) is 0.333. The number of amides is 1. The Balaban J connectivity index is 2.15. The van der Waals surface area contributed by atoms with Gasteiger partial charge in [-0.2, -0.15) is 5.10 Å². The van der Waals surface area contributed by atoms with Crippen LogP contribution in [0.3, 0.4) is 0 Å². The van der Waals surface area contributed by atoms with E-state index in [1.807, 2.05) is 38.1 Å². The second-order valence-corrected chi connectivity index (χ2v) is 5.51. The molecule has 5 nitrogen and oxygen atoms in total. The first-order chi connectivity index (χ1) is 9.41. The largest absolute Gasteiger partial charge is 0.399 e. The highest BCUT2D eigenvalue weighted by molar-refractivity contribution is 5.87. The highest BCUT2D eigenvalue weighted by Crippen LogP contribution is 2.26. The van der Waals surface area contributed by atoms with Gasteiger partial charge < -0.3 is 10.6 Å². The minimum Gasteiger partial charge on any atom is -0.399 e. The van der Waals surface area contributed by atoms with Crippen molar-refractivity contribution < 1.29 is 4.79 Å². The van der Waals surface area contributed by atoms with E-state index in [9.17, 15) is 4.79 Å². The summed E-state index contributed by atoms with van der Waals surface area (Å²) in [4.78, 5) is 14.3. The normalized spacial score (nSPS) is 11.3. The van der Waals surface area contributed by atoms with E-state index < -0.39 is 5.41 Å². The lowest BCUT2D eigenvalue weighted by Crippen LogP contribution is -2.40. The molecule has 1 heterocycles. The number of nitrogens with zero attached hydrogens (tertiary/aromatic N) is 2. The highest BCUT2D eigenvalue weighted by atomic mass is 16.2. The average Bonchev–Trinajstić information content (AvgIpc) is 2.91. The number of aromatic amines is 1. The van der Waals surface area contributed by atoms with E-state index in [2.05, 4.69) is 10.2 Å². The third-order valence-electron chi connectivity index (χ3n) is 3.49. The second-order valence-electron chi connectivity index (χ2n) is 5.51. The van der Waals surface area contributed by atoms with Crippen LogP contribution in [0, 0.1) is 0 Å². The van der Waals surface area contributed by atoms with E-state index in [1.165, 1.54) is 0 Å². The summed E-state index contributed by atoms with van der Waals surface area (Å²) in [6.45, 7) is 4.38. The van der Waals surface area contributed by atoms with Gasteiger partial charge in [-0.05, 0) is 31.5 Å². The first-order valence-corrected chi connectivity index (χ1v) is 6.50. The Morgan fingerprint density at radius 1 is 1.35 bits per heavy atom. The molecule has 106 valence electrons. The molecule has 0 aliphatic carbocycles. The van der Waals surface area contributed by atoms with Crippen LogP contribution >= 0.6 is 0 Å². The van der Waals surface area contributed by atoms with E-state index in [0.717, 1.165) is 11.1 Å². The van der Waals surface area contributed by atoms with Crippen LogP contribution in [0.5, 0.6) is 0 Å². The van der Waals surface area contributed by atoms with Crippen LogP contribution in [-0.2, 0) is 16.8 Å². The SMILES string of the molecule is CN(Cc1cn[nH]c1)C(=O)C(C)(C)c1ccc(N)cc1. The van der Waals surface area contributed by atoms with Gasteiger partial charge in [0.1, 0.15) is 0 Å². The Hall–Kier alpha value is -2.30. The molecule has 1 amide bonds. The molecule has 0 bridgehead atoms. The smallest absolute Gasteiger partial charge is 0.232 e. The molecule has 0 aliphatic heterocycles. The lowest BCUT2D eigenvalue weighted by atomic mass is 9.83. The van der Waals surface area contributed by atoms with Gasteiger partial charge in [0.25, 0.3) is 0 Å². The van der Waals surface area contributed by atoms with Crippen molar-refractivity contribution in [3.8, 4) is 0 Å². The van der Waals surface area contributed by atoms with Crippen molar-refractivity contribution >= 4 is 11.6 Å². The summed E-state index contributed by atoms with van der Waals surface area (Å²) in [5, 5.41) is 6.64. The number of benzene rings is 1. The molecule has 0 radical (unpaired) electrons. The van der Waals surface area contributed by atoms with Gasteiger partial charge in [0.05, 0.1) is 11.6 Å². The van der Waals surface area contributed by atoms with Crippen molar-refractivity contribution in [2.45, 2.75) is 25.8 Å². The van der Waals surface area contributed by atoms with E-state index >= 15 is 0 Å². The summed E-state index contributed by atoms with van der Waals surface area (Å²) in [5.41, 5.74) is 7.73. The maximum absolute atomic E-state index is 12.6. The maximum Gasteiger partial charge on any atom is 0.232 e. The molecule has 0 fully saturated rings. The molecule has 0 atom stereocenters. The van der Waals surface area contributed by atoms with Crippen molar-refractivity contribution in [2.75, 3.05) is 12.8 Å². The summed E-state index contributed by atoms with van der Waals surface area (Å²) >= 11 is 0. The Labute approximate surface area is 118 Å². The van der Waals surface area contributed by atoms with Gasteiger partial charge in [0.15, 0.2) is 0 Å². The second kappa shape index (κ2) is 5.36. The molecule has 1 aromatic carbocycles. The molecule has 2 aromatic rings. The van der Waals surface area contributed by atoms with Crippen molar-refractivity contribution in [1.29, 1.82) is 0 Å². The number of carbonyl (C=O) groups is 1. The van der Waals surface area contributed by atoms with Gasteiger partial charge in [0, 0.05) is 31.0 Å². The number of hydrogen-bond donors (Lipinski definition) is 2. The number of nitrogens with one attached hydrogen (secondary N) is 1. The number of nitrogen functional groups attached to an aromatic ring is 1. The number of anilines is 1. The Morgan fingerprint density at radius 2 is 2.00 bits per heavy atom. The van der Waals surface area contributed by atoms with E-state index in [-0.39, 0.29) is 5.91 Å². The highest BCUT2D eigenvalue weighted by Gasteiger charge is 2.32. The molecule has 0 saturated carbocycles. The van der Waals surface area contributed by atoms with E-state index in [0.29, 0.717) is 12.2 Å². The molecule has 0 unspecified atom stereocenters. The lowest BCUT2D eigenvalue weighted by Gasteiger charge is -2.29. The summed E-state index contributed by atoms with van der Waals surface area (Å²) in [5.74, 6) is 0.0588. The van der Waals surface area contributed by atoms with Crippen molar-refractivity contribution in [2.24, 2.45) is 0 Å². The van der Waals surface area contributed by atoms with Gasteiger partial charge >= 0.3 is 0 Å². The zero-order valence-electron chi connectivity index (χ0n) is 12.1. The van der Waals surface area contributed by atoms with Crippen LogP contribution in [-0.4, -0.2) is 28.1 Å². The minimum atomic E-state index is -0.591. The number of H-pyrrole nitrogens is 1. The summed E-state index contributed by atoms with van der Waals surface area (Å²) < 4.78 is 0. The van der Waals surface area contributed by atoms with Crippen LogP contribution < -0.4 is 5.73 Å². The first kappa shape index (κ1) is 14.1. The third kappa shape index (κ3) is 2.82. The molecule has 3 N–H and O–H groups in total. The van der Waals surface area contributed by atoms with Crippen LogP contribution in [0.25, 0.3) is 0 Å². The molecular formula is C15H20N4O. The maximum atomic E-state index is 12.6. The van der Waals surface area contributed by atoms with Gasteiger partial charge in [-0.3, -0.25) is 9.89 Å². The average molecular weight is 272 g/mol. The molecule has 20 heavy (non-hydrogen) atoms. The molecular weight excluding hydrogens is 252 g/mol. The Kier molecular flexibility index (Phi) is 3.79. The van der Waals surface area contributed by atoms with Crippen molar-refractivity contribution in [3.05, 3.63) is 47.8 Å². The number of rotatable bonds is 4. The molecule has 0 aliphatic rings. The zero-order valence-corrected chi connectivity index (χ0v) is 12.1. The zero-order chi connectivity index (χ0) is 14.8. The van der Waals surface area contributed by atoms with Crippen LogP contribution in [0.2, 0.25) is 0 Å². The summed E-state index contributed by atoms with van der Waals surface area (Å²) in [7, 11) is 1.80. The van der Waals surface area contributed by atoms with Gasteiger partial charge in [-0.25, -0.2) is 0 Å². The van der Waals surface area contributed by atoms with Crippen LogP contribution in [0.15, 0.2) is 36.7 Å². The van der Waals surface area contributed by atoms with Crippen LogP contribution in [0.1, 0.15) is 25.0 Å². The third-order valence-corrected chi connectivity index (χ3v) is 3.49. The topological polar surface area (TPSA) is 75.0 Å². The fourth-order valence-corrected chi connectivity index (χ4v) is 2.21. The standard InChI is InChI=1S/C15H20N4O/c1-15(2,12-4-6-13(16)7-5-12)14(20)19(3)10-11-8-17-18-9-11/h4-9H,10,16H2,1-3H3,(H,17,18). The quantitative estimate of drug-likeness (QED) is 0.835. The van der Waals surface area contributed by atoms with Crippen LogP contribution in [0.4, 0.5) is 5.69 Å². The fourth-order valence-electron chi connectivity index (χ4n) is 2.21. The van der Waals surface area contributed by atoms with Crippen molar-refractivity contribution in [3.63, 3.8) is 0 Å². The van der Waals surface area contributed by atoms with E-state index in [1.54, 1.807) is 24.3 Å². The lowest BCUT2D eigenvalue weighted by molar-refractivity contribution is -0.135. The summed E-state index contributed by atoms with van der Waals surface area (Å²) in [6.07, 6.45) is 3.51. The number of carbonyl (C=O) groups excluding carboxylic acids is 1. The molecule has 5 heteroatoms. The Morgan fingerprint density at radius 3 is 2.55 bits per heavy atom. The monoisotopic (exact) mass is 272 g/mol. The number of hydrogen-bond acceptors (Lipinski definition) is 3. The molecule has 0 saturated heterocycles. The molecule has 0 spiro atoms. The predicted octanol–water partition coefficient (Wildman–Crippen LogP) is 1.93. The molecule has 1 aromatic heterocycles. The van der Waals surface area contributed by atoms with E-state index in [4.69, 9.17) is 5.73 Å². The summed E-state index contributed by atoms with van der Waals surface area (Å²) in [6, 6.07) is 7.44. The van der Waals surface area contributed by atoms with Gasteiger partial charge in [0.2, 0.25) is 5.91 Å². The Bertz CT molecular complexity index is 572. The minimum absolute atomic E-state index is 0.0588. The first-order valence-electron chi connectivity index (χ1n) is 6.50. The van der Waals surface area contributed by atoms with Gasteiger partial charge in [-0.15, -0.1) is 0 Å². The number of nitrogens with two attached hydrogens (primary N) is 1. The molecule has 2 rings (SSSR count). The predicted molar refractivity (Wildman–Crippen MR) is 78.9 cm³/mol. The van der Waals surface area contributed by atoms with Gasteiger partial charge in [-0.1, -0.05) is 12.1 Å².